The number of hydrogen-bond donors (Lipinski definition) is 0. The van der Waals surface area contributed by atoms with Crippen LogP contribution in [0.15, 0.2) is 0 Å². The van der Waals surface area contributed by atoms with Gasteiger partial charge in [0.15, 0.2) is 0 Å². The Labute approximate surface area is 83.2 Å². The minimum atomic E-state index is -2.94. The normalized spacial score (nSPS) is 10.9. The molecular weight excluding hydrogens is 186 g/mol. The Balaban J connectivity index is 0. The lowest BCUT2D eigenvalue weighted by Gasteiger charge is -2.13. The third-order valence-corrected chi connectivity index (χ3v) is 3.69. The third kappa shape index (κ3) is 7.02. The molecule has 0 amide bonds. The monoisotopic (exact) mass is 209 g/mol. The van der Waals surface area contributed by atoms with Crippen LogP contribution in [0.2, 0.25) is 0 Å². The Morgan fingerprint density at radius 3 is 1.92 bits per heavy atom. The number of nitrogens with zero attached hydrogens (tertiary/aromatic N) is 1. The molecular formula is C9H23NO2S. The molecule has 0 heterocycles. The maximum atomic E-state index is 11.2. The van der Waals surface area contributed by atoms with Gasteiger partial charge in [0.2, 0.25) is 10.0 Å². The van der Waals surface area contributed by atoms with E-state index in [0.29, 0.717) is 6.54 Å². The van der Waals surface area contributed by atoms with Crippen molar-refractivity contribution in [2.75, 3.05) is 19.3 Å². The molecule has 0 saturated carbocycles. The lowest BCUT2D eigenvalue weighted by Crippen LogP contribution is -2.28. The van der Waals surface area contributed by atoms with E-state index in [2.05, 4.69) is 0 Å². The van der Waals surface area contributed by atoms with Gasteiger partial charge in [-0.15, -0.1) is 0 Å². The van der Waals surface area contributed by atoms with Gasteiger partial charge in [0, 0.05) is 13.6 Å². The first-order valence-electron chi connectivity index (χ1n) is 4.98. The number of rotatable bonds is 5. The zero-order valence-corrected chi connectivity index (χ0v) is 10.3. The van der Waals surface area contributed by atoms with Crippen LogP contribution in [-0.2, 0) is 10.0 Å². The summed E-state index contributed by atoms with van der Waals surface area (Å²) in [4.78, 5) is 0. The van der Waals surface area contributed by atoms with Gasteiger partial charge >= 0.3 is 0 Å². The summed E-state index contributed by atoms with van der Waals surface area (Å²) in [5, 5.41) is 0. The summed E-state index contributed by atoms with van der Waals surface area (Å²) in [5.74, 6) is 0.286. The van der Waals surface area contributed by atoms with E-state index in [4.69, 9.17) is 0 Å². The van der Waals surface area contributed by atoms with Crippen LogP contribution >= 0.6 is 0 Å². The molecule has 0 aromatic carbocycles. The largest absolute Gasteiger partial charge is 0.213 e. The molecule has 0 aliphatic heterocycles. The zero-order valence-electron chi connectivity index (χ0n) is 9.50. The van der Waals surface area contributed by atoms with Crippen LogP contribution in [0.25, 0.3) is 0 Å². The van der Waals surface area contributed by atoms with Crippen molar-refractivity contribution in [2.45, 2.75) is 40.5 Å². The molecule has 4 heteroatoms. The molecule has 0 saturated heterocycles. The number of sulfonamides is 1. The molecule has 0 N–H and O–H groups in total. The third-order valence-electron chi connectivity index (χ3n) is 1.68. The molecule has 0 aliphatic rings. The van der Waals surface area contributed by atoms with Crippen LogP contribution in [0.3, 0.4) is 0 Å². The van der Waals surface area contributed by atoms with Crippen molar-refractivity contribution in [3.05, 3.63) is 0 Å². The first-order chi connectivity index (χ1) is 6.04. The van der Waals surface area contributed by atoms with Gasteiger partial charge < -0.3 is 0 Å². The molecule has 0 spiro atoms. The second-order valence-electron chi connectivity index (χ2n) is 2.58. The van der Waals surface area contributed by atoms with E-state index in [1.807, 2.05) is 27.7 Å². The zero-order chi connectivity index (χ0) is 10.9. The molecule has 0 radical (unpaired) electrons. The average molecular weight is 209 g/mol. The molecule has 0 aromatic heterocycles. The van der Waals surface area contributed by atoms with E-state index >= 15 is 0 Å². The van der Waals surface area contributed by atoms with E-state index in [-0.39, 0.29) is 5.75 Å². The van der Waals surface area contributed by atoms with Crippen LogP contribution in [0.4, 0.5) is 0 Å². The minimum Gasteiger partial charge on any atom is -0.212 e. The quantitative estimate of drug-likeness (QED) is 0.695. The molecule has 0 aliphatic carbocycles. The van der Waals surface area contributed by atoms with Gasteiger partial charge in [-0.05, 0) is 6.42 Å². The summed E-state index contributed by atoms with van der Waals surface area (Å²) in [5.41, 5.74) is 0. The van der Waals surface area contributed by atoms with Crippen LogP contribution in [0.5, 0.6) is 0 Å². The maximum Gasteiger partial charge on any atom is 0.213 e. The molecule has 0 bridgehead atoms. The molecule has 0 rings (SSSR count). The van der Waals surface area contributed by atoms with Gasteiger partial charge in [0.25, 0.3) is 0 Å². The van der Waals surface area contributed by atoms with Crippen molar-refractivity contribution in [2.24, 2.45) is 0 Å². The van der Waals surface area contributed by atoms with Crippen LogP contribution in [-0.4, -0.2) is 32.1 Å². The Morgan fingerprint density at radius 2 is 1.62 bits per heavy atom. The van der Waals surface area contributed by atoms with Gasteiger partial charge in [-0.3, -0.25) is 0 Å². The Kier molecular flexibility index (Phi) is 10.1. The Bertz CT molecular complexity index is 188. The number of unbranched alkanes of at least 4 members (excludes halogenated alkanes) is 1. The minimum absolute atomic E-state index is 0.286. The smallest absolute Gasteiger partial charge is 0.212 e. The summed E-state index contributed by atoms with van der Waals surface area (Å²) in [7, 11) is -1.32. The van der Waals surface area contributed by atoms with Crippen LogP contribution in [0, 0.1) is 0 Å². The lowest BCUT2D eigenvalue weighted by atomic mass is 10.4. The van der Waals surface area contributed by atoms with Gasteiger partial charge in [-0.25, -0.2) is 12.7 Å². The van der Waals surface area contributed by atoms with Gasteiger partial charge in [-0.2, -0.15) is 0 Å². The van der Waals surface area contributed by atoms with E-state index in [1.54, 1.807) is 7.05 Å². The van der Waals surface area contributed by atoms with E-state index in [9.17, 15) is 8.42 Å². The van der Waals surface area contributed by atoms with Gasteiger partial charge in [-0.1, -0.05) is 34.1 Å². The molecule has 82 valence electrons. The first-order valence-corrected chi connectivity index (χ1v) is 6.59. The van der Waals surface area contributed by atoms with E-state index in [0.717, 1.165) is 12.8 Å². The van der Waals surface area contributed by atoms with Crippen LogP contribution in [0.1, 0.15) is 40.5 Å². The Hall–Kier alpha value is -0.0900. The second-order valence-corrected chi connectivity index (χ2v) is 4.78. The average Bonchev–Trinajstić information content (AvgIpc) is 2.16. The first kappa shape index (κ1) is 15.4. The second kappa shape index (κ2) is 8.51. The molecule has 0 fully saturated rings. The summed E-state index contributed by atoms with van der Waals surface area (Å²) in [6, 6.07) is 0. The lowest BCUT2D eigenvalue weighted by molar-refractivity contribution is 0.484. The van der Waals surface area contributed by atoms with Crippen molar-refractivity contribution in [3.8, 4) is 0 Å². The molecule has 13 heavy (non-hydrogen) atoms. The fraction of sp³-hybridized carbons (Fsp3) is 1.00. The van der Waals surface area contributed by atoms with Crippen molar-refractivity contribution in [1.29, 1.82) is 0 Å². The summed E-state index contributed by atoms with van der Waals surface area (Å²) in [6.07, 6.45) is 1.68. The van der Waals surface area contributed by atoms with E-state index < -0.39 is 10.0 Å². The molecule has 3 nitrogen and oxygen atoms in total. The highest BCUT2D eigenvalue weighted by molar-refractivity contribution is 7.89. The van der Waals surface area contributed by atoms with Crippen LogP contribution < -0.4 is 0 Å². The highest BCUT2D eigenvalue weighted by Gasteiger charge is 2.13. The maximum absolute atomic E-state index is 11.2. The number of hydrogen-bond acceptors (Lipinski definition) is 2. The molecule has 0 aromatic rings. The summed E-state index contributed by atoms with van der Waals surface area (Å²) < 4.78 is 23.9. The Morgan fingerprint density at radius 1 is 1.15 bits per heavy atom. The van der Waals surface area contributed by atoms with Gasteiger partial charge in [0.05, 0.1) is 5.75 Å². The van der Waals surface area contributed by atoms with Crippen molar-refractivity contribution < 1.29 is 8.42 Å². The molecule has 0 unspecified atom stereocenters. The fourth-order valence-corrected chi connectivity index (χ4v) is 2.04. The fourth-order valence-electron chi connectivity index (χ4n) is 0.679. The van der Waals surface area contributed by atoms with Crippen molar-refractivity contribution >= 4 is 10.0 Å². The van der Waals surface area contributed by atoms with Crippen molar-refractivity contribution in [3.63, 3.8) is 0 Å². The topological polar surface area (TPSA) is 37.4 Å². The highest BCUT2D eigenvalue weighted by Crippen LogP contribution is 2.00. The standard InChI is InChI=1S/C7H17NO2S.C2H6/c1-4-6-7-11(9,10)8(3)5-2;1-2/h4-7H2,1-3H3;1-2H3. The van der Waals surface area contributed by atoms with Gasteiger partial charge in [0.1, 0.15) is 0 Å². The highest BCUT2D eigenvalue weighted by atomic mass is 32.2. The van der Waals surface area contributed by atoms with E-state index in [1.165, 1.54) is 4.31 Å². The predicted octanol–water partition coefficient (Wildman–Crippen LogP) is 2.09. The summed E-state index contributed by atoms with van der Waals surface area (Å²) in [6.45, 7) is 8.39. The summed E-state index contributed by atoms with van der Waals surface area (Å²) >= 11 is 0. The molecule has 0 atom stereocenters. The SMILES string of the molecule is CC.CCCCS(=O)(=O)N(C)CC. The van der Waals surface area contributed by atoms with Crippen molar-refractivity contribution in [1.82, 2.24) is 4.31 Å². The predicted molar refractivity (Wildman–Crippen MR) is 58.3 cm³/mol.